The Kier molecular flexibility index (Phi) is 3.22. The Morgan fingerprint density at radius 2 is 2.00 bits per heavy atom. The van der Waals surface area contributed by atoms with Gasteiger partial charge in [0.05, 0.1) is 0 Å². The van der Waals surface area contributed by atoms with Crippen molar-refractivity contribution in [2.75, 3.05) is 0 Å². The normalized spacial score (nSPS) is 10.3. The molecule has 1 rings (SSSR count). The molecule has 0 saturated heterocycles. The fourth-order valence-electron chi connectivity index (χ4n) is 0.877. The van der Waals surface area contributed by atoms with E-state index in [0.29, 0.717) is 0 Å². The summed E-state index contributed by atoms with van der Waals surface area (Å²) < 4.78 is 0. The summed E-state index contributed by atoms with van der Waals surface area (Å²) in [6.45, 7) is 0. The van der Waals surface area contributed by atoms with Gasteiger partial charge in [-0.05, 0) is 12.0 Å². The Balaban J connectivity index is 2.45. The zero-order chi connectivity index (χ0) is 7.94. The number of rotatable bonds is 3. The average molecular weight is 148 g/mol. The summed E-state index contributed by atoms with van der Waals surface area (Å²) in [5.74, 6) is 5.06. The molecule has 0 bridgehead atoms. The van der Waals surface area contributed by atoms with Crippen LogP contribution in [0.2, 0.25) is 0 Å². The highest BCUT2D eigenvalue weighted by Gasteiger charge is 1.83. The standard InChI is InChI=1S/C9H12N2/c10-11-8-4-7-9-5-2-1-3-6-9/h1-6,8,11H,7,10H2/b8-4-. The number of hydrogen-bond donors (Lipinski definition) is 2. The number of benzene rings is 1. The third-order valence-corrected chi connectivity index (χ3v) is 1.41. The summed E-state index contributed by atoms with van der Waals surface area (Å²) >= 11 is 0. The van der Waals surface area contributed by atoms with Crippen molar-refractivity contribution in [2.45, 2.75) is 6.42 Å². The van der Waals surface area contributed by atoms with Gasteiger partial charge in [0.25, 0.3) is 0 Å². The molecule has 1 aromatic carbocycles. The molecule has 1 aromatic rings. The van der Waals surface area contributed by atoms with E-state index in [1.165, 1.54) is 5.56 Å². The third-order valence-electron chi connectivity index (χ3n) is 1.41. The lowest BCUT2D eigenvalue weighted by atomic mass is 10.1. The summed E-state index contributed by atoms with van der Waals surface area (Å²) in [6, 6.07) is 10.2. The lowest BCUT2D eigenvalue weighted by Gasteiger charge is -1.93. The first kappa shape index (κ1) is 7.82. The molecule has 0 atom stereocenters. The molecule has 2 nitrogen and oxygen atoms in total. The second-order valence-corrected chi connectivity index (χ2v) is 2.26. The van der Waals surface area contributed by atoms with Crippen molar-refractivity contribution in [3.8, 4) is 0 Å². The number of nitrogens with two attached hydrogens (primary N) is 1. The molecular weight excluding hydrogens is 136 g/mol. The van der Waals surface area contributed by atoms with E-state index >= 15 is 0 Å². The number of nitrogens with one attached hydrogen (secondary N) is 1. The second-order valence-electron chi connectivity index (χ2n) is 2.26. The van der Waals surface area contributed by atoms with Gasteiger partial charge in [-0.25, -0.2) is 0 Å². The Morgan fingerprint density at radius 3 is 2.64 bits per heavy atom. The molecule has 0 spiro atoms. The average Bonchev–Trinajstić information content (AvgIpc) is 2.07. The van der Waals surface area contributed by atoms with Crippen LogP contribution in [-0.2, 0) is 6.42 Å². The number of hydrazine groups is 1. The molecule has 0 saturated carbocycles. The SMILES string of the molecule is NN/C=C\Cc1ccccc1. The van der Waals surface area contributed by atoms with Crippen LogP contribution in [-0.4, -0.2) is 0 Å². The van der Waals surface area contributed by atoms with Gasteiger partial charge in [-0.1, -0.05) is 36.4 Å². The summed E-state index contributed by atoms with van der Waals surface area (Å²) in [7, 11) is 0. The van der Waals surface area contributed by atoms with Gasteiger partial charge in [0, 0.05) is 6.20 Å². The van der Waals surface area contributed by atoms with Crippen LogP contribution in [0.3, 0.4) is 0 Å². The molecule has 0 aliphatic rings. The second kappa shape index (κ2) is 4.52. The lowest BCUT2D eigenvalue weighted by molar-refractivity contribution is 0.959. The van der Waals surface area contributed by atoms with Crippen molar-refractivity contribution in [1.29, 1.82) is 0 Å². The first-order valence-electron chi connectivity index (χ1n) is 3.58. The molecule has 58 valence electrons. The zero-order valence-corrected chi connectivity index (χ0v) is 6.33. The van der Waals surface area contributed by atoms with Gasteiger partial charge in [-0.2, -0.15) is 0 Å². The number of allylic oxidation sites excluding steroid dienone is 1. The van der Waals surface area contributed by atoms with Gasteiger partial charge >= 0.3 is 0 Å². The van der Waals surface area contributed by atoms with Crippen molar-refractivity contribution in [1.82, 2.24) is 5.43 Å². The van der Waals surface area contributed by atoms with Crippen LogP contribution < -0.4 is 11.3 Å². The highest BCUT2D eigenvalue weighted by Crippen LogP contribution is 1.98. The van der Waals surface area contributed by atoms with Gasteiger partial charge < -0.3 is 5.43 Å². The maximum absolute atomic E-state index is 5.06. The monoisotopic (exact) mass is 148 g/mol. The predicted molar refractivity (Wildman–Crippen MR) is 46.6 cm³/mol. The van der Waals surface area contributed by atoms with E-state index in [-0.39, 0.29) is 0 Å². The quantitative estimate of drug-likeness (QED) is 0.499. The van der Waals surface area contributed by atoms with E-state index in [9.17, 15) is 0 Å². The molecule has 0 aliphatic heterocycles. The van der Waals surface area contributed by atoms with E-state index in [1.54, 1.807) is 6.20 Å². The minimum absolute atomic E-state index is 0.922. The highest BCUT2D eigenvalue weighted by atomic mass is 15.2. The van der Waals surface area contributed by atoms with Crippen molar-refractivity contribution in [3.05, 3.63) is 48.2 Å². The fourth-order valence-corrected chi connectivity index (χ4v) is 0.877. The molecule has 0 fully saturated rings. The van der Waals surface area contributed by atoms with Gasteiger partial charge in [0.15, 0.2) is 0 Å². The minimum atomic E-state index is 0.922. The summed E-state index contributed by atoms with van der Waals surface area (Å²) in [5, 5.41) is 0. The molecule has 0 amide bonds. The molecule has 0 radical (unpaired) electrons. The zero-order valence-electron chi connectivity index (χ0n) is 6.33. The molecule has 0 aromatic heterocycles. The molecule has 11 heavy (non-hydrogen) atoms. The first-order valence-corrected chi connectivity index (χ1v) is 3.58. The van der Waals surface area contributed by atoms with Crippen LogP contribution in [0, 0.1) is 0 Å². The highest BCUT2D eigenvalue weighted by molar-refractivity contribution is 5.17. The topological polar surface area (TPSA) is 38.0 Å². The largest absolute Gasteiger partial charge is 0.332 e. The van der Waals surface area contributed by atoms with E-state index in [4.69, 9.17) is 5.84 Å². The summed E-state index contributed by atoms with van der Waals surface area (Å²) in [6.07, 6.45) is 4.63. The molecule has 2 heteroatoms. The third kappa shape index (κ3) is 2.87. The Hall–Kier alpha value is -1.28. The maximum Gasteiger partial charge on any atom is 0.00859 e. The van der Waals surface area contributed by atoms with Crippen molar-refractivity contribution < 1.29 is 0 Å². The van der Waals surface area contributed by atoms with Crippen LogP contribution in [0.1, 0.15) is 5.56 Å². The fraction of sp³-hybridized carbons (Fsp3) is 0.111. The van der Waals surface area contributed by atoms with Crippen LogP contribution in [0.5, 0.6) is 0 Å². The first-order chi connectivity index (χ1) is 5.43. The van der Waals surface area contributed by atoms with Gasteiger partial charge in [0.2, 0.25) is 0 Å². The predicted octanol–water partition coefficient (Wildman–Crippen LogP) is 1.21. The number of hydrogen-bond acceptors (Lipinski definition) is 2. The van der Waals surface area contributed by atoms with E-state index in [1.807, 2.05) is 24.3 Å². The lowest BCUT2D eigenvalue weighted by Crippen LogP contribution is -2.12. The van der Waals surface area contributed by atoms with Gasteiger partial charge in [-0.3, -0.25) is 5.84 Å². The Labute approximate surface area is 66.7 Å². The smallest absolute Gasteiger partial charge is 0.00859 e. The van der Waals surface area contributed by atoms with Crippen LogP contribution in [0.25, 0.3) is 0 Å². The molecule has 0 heterocycles. The maximum atomic E-state index is 5.06. The van der Waals surface area contributed by atoms with Crippen LogP contribution in [0.4, 0.5) is 0 Å². The van der Waals surface area contributed by atoms with Gasteiger partial charge in [-0.15, -0.1) is 0 Å². The van der Waals surface area contributed by atoms with Crippen LogP contribution in [0.15, 0.2) is 42.6 Å². The summed E-state index contributed by atoms with van der Waals surface area (Å²) in [5.41, 5.74) is 3.75. The van der Waals surface area contributed by atoms with Crippen molar-refractivity contribution >= 4 is 0 Å². The summed E-state index contributed by atoms with van der Waals surface area (Å²) in [4.78, 5) is 0. The molecule has 3 N–H and O–H groups in total. The van der Waals surface area contributed by atoms with Crippen LogP contribution >= 0.6 is 0 Å². The Bertz CT molecular complexity index is 216. The van der Waals surface area contributed by atoms with Crippen molar-refractivity contribution in [3.63, 3.8) is 0 Å². The van der Waals surface area contributed by atoms with E-state index in [0.717, 1.165) is 6.42 Å². The Morgan fingerprint density at radius 1 is 1.27 bits per heavy atom. The molecule has 0 unspecified atom stereocenters. The van der Waals surface area contributed by atoms with Gasteiger partial charge in [0.1, 0.15) is 0 Å². The van der Waals surface area contributed by atoms with Crippen molar-refractivity contribution in [2.24, 2.45) is 5.84 Å². The van der Waals surface area contributed by atoms with E-state index < -0.39 is 0 Å². The molecular formula is C9H12N2. The molecule has 0 aliphatic carbocycles. The van der Waals surface area contributed by atoms with E-state index in [2.05, 4.69) is 17.6 Å². The minimum Gasteiger partial charge on any atom is -0.332 e.